The highest BCUT2D eigenvalue weighted by Gasteiger charge is 2.25. The number of carbonyl (C=O) groups is 2. The molecule has 2 rings (SSSR count). The number of rotatable bonds is 6. The van der Waals surface area contributed by atoms with Crippen molar-refractivity contribution in [2.75, 3.05) is 25.5 Å². The second kappa shape index (κ2) is 6.45. The Labute approximate surface area is 122 Å². The van der Waals surface area contributed by atoms with Crippen LogP contribution in [0.3, 0.4) is 0 Å². The van der Waals surface area contributed by atoms with Gasteiger partial charge in [0.05, 0.1) is 11.3 Å². The number of carboxylic acids is 1. The molecule has 0 heterocycles. The molecule has 0 saturated heterocycles. The van der Waals surface area contributed by atoms with E-state index in [1.165, 1.54) is 25.0 Å². The summed E-state index contributed by atoms with van der Waals surface area (Å²) in [6.07, 6.45) is 2.43. The highest BCUT2D eigenvalue weighted by molar-refractivity contribution is 5.93. The van der Waals surface area contributed by atoms with Gasteiger partial charge in [-0.3, -0.25) is 0 Å². The summed E-state index contributed by atoms with van der Waals surface area (Å²) in [7, 11) is 2.02. The van der Waals surface area contributed by atoms with Crippen molar-refractivity contribution in [2.45, 2.75) is 18.9 Å². The van der Waals surface area contributed by atoms with Crippen molar-refractivity contribution >= 4 is 17.7 Å². The van der Waals surface area contributed by atoms with Gasteiger partial charge in [0.15, 0.2) is 0 Å². The van der Waals surface area contributed by atoms with E-state index in [1.54, 1.807) is 0 Å². The molecule has 0 spiro atoms. The number of likely N-dealkylation sites (N-methyl/N-ethyl adjacent to an activating group) is 1. The van der Waals surface area contributed by atoms with Crippen LogP contribution in [0, 0.1) is 0 Å². The highest BCUT2D eigenvalue weighted by Crippen LogP contribution is 2.25. The molecule has 4 N–H and O–H groups in total. The number of carboxylic acid groups (broad SMARTS) is 1. The van der Waals surface area contributed by atoms with Gasteiger partial charge in [0.1, 0.15) is 5.75 Å². The van der Waals surface area contributed by atoms with E-state index in [-0.39, 0.29) is 17.0 Å². The summed E-state index contributed by atoms with van der Waals surface area (Å²) in [5.74, 6) is -1.41. The van der Waals surface area contributed by atoms with Gasteiger partial charge in [-0.15, -0.1) is 0 Å². The number of benzene rings is 1. The molecule has 2 amide bonds. The average molecular weight is 293 g/mol. The van der Waals surface area contributed by atoms with E-state index in [0.717, 1.165) is 12.6 Å². The van der Waals surface area contributed by atoms with Crippen molar-refractivity contribution in [3.05, 3.63) is 23.8 Å². The van der Waals surface area contributed by atoms with Gasteiger partial charge in [0, 0.05) is 19.1 Å². The first-order valence-corrected chi connectivity index (χ1v) is 6.79. The number of urea groups is 1. The van der Waals surface area contributed by atoms with Crippen molar-refractivity contribution in [3.8, 4) is 5.75 Å². The van der Waals surface area contributed by atoms with Gasteiger partial charge in [0.2, 0.25) is 0 Å². The topological polar surface area (TPSA) is 102 Å². The maximum absolute atomic E-state index is 11.7. The van der Waals surface area contributed by atoms with Crippen molar-refractivity contribution in [2.24, 2.45) is 0 Å². The van der Waals surface area contributed by atoms with Crippen LogP contribution in [0.1, 0.15) is 23.2 Å². The summed E-state index contributed by atoms with van der Waals surface area (Å²) in [5, 5.41) is 23.6. The molecule has 21 heavy (non-hydrogen) atoms. The molecule has 0 atom stereocenters. The summed E-state index contributed by atoms with van der Waals surface area (Å²) >= 11 is 0. The number of anilines is 1. The number of amides is 2. The van der Waals surface area contributed by atoms with Crippen LogP contribution in [0.25, 0.3) is 0 Å². The van der Waals surface area contributed by atoms with Crippen LogP contribution in [0.2, 0.25) is 0 Å². The van der Waals surface area contributed by atoms with E-state index in [4.69, 9.17) is 5.11 Å². The van der Waals surface area contributed by atoms with Crippen molar-refractivity contribution in [1.29, 1.82) is 0 Å². The molecule has 0 bridgehead atoms. The van der Waals surface area contributed by atoms with Gasteiger partial charge < -0.3 is 25.7 Å². The van der Waals surface area contributed by atoms with Crippen LogP contribution >= 0.6 is 0 Å². The van der Waals surface area contributed by atoms with Gasteiger partial charge in [-0.2, -0.15) is 0 Å². The summed E-state index contributed by atoms with van der Waals surface area (Å²) in [6, 6.07) is 3.98. The smallest absolute Gasteiger partial charge is 0.335 e. The first-order chi connectivity index (χ1) is 9.97. The molecule has 1 aliphatic rings. The third kappa shape index (κ3) is 4.35. The molecule has 114 valence electrons. The Morgan fingerprint density at radius 3 is 2.67 bits per heavy atom. The lowest BCUT2D eigenvalue weighted by Crippen LogP contribution is -2.36. The molecule has 0 radical (unpaired) electrons. The molecule has 7 heteroatoms. The lowest BCUT2D eigenvalue weighted by Gasteiger charge is -2.16. The van der Waals surface area contributed by atoms with Crippen LogP contribution < -0.4 is 10.6 Å². The lowest BCUT2D eigenvalue weighted by atomic mass is 10.2. The Bertz CT molecular complexity index is 543. The number of carbonyl (C=O) groups excluding carboxylic acids is 1. The van der Waals surface area contributed by atoms with E-state index in [1.807, 2.05) is 7.05 Å². The summed E-state index contributed by atoms with van der Waals surface area (Å²) < 4.78 is 0. The van der Waals surface area contributed by atoms with Crippen LogP contribution in [-0.4, -0.2) is 53.3 Å². The summed E-state index contributed by atoms with van der Waals surface area (Å²) in [5.41, 5.74) is 0.137. The maximum atomic E-state index is 11.7. The predicted molar refractivity (Wildman–Crippen MR) is 77.7 cm³/mol. The van der Waals surface area contributed by atoms with Crippen LogP contribution in [0.4, 0.5) is 10.5 Å². The highest BCUT2D eigenvalue weighted by atomic mass is 16.4. The zero-order valence-corrected chi connectivity index (χ0v) is 11.8. The van der Waals surface area contributed by atoms with Gasteiger partial charge >= 0.3 is 12.0 Å². The molecule has 1 aliphatic carbocycles. The fraction of sp³-hybridized carbons (Fsp3) is 0.429. The zero-order valence-electron chi connectivity index (χ0n) is 11.8. The number of nitrogens with zero attached hydrogens (tertiary/aromatic N) is 1. The molecular weight excluding hydrogens is 274 g/mol. The number of hydrogen-bond acceptors (Lipinski definition) is 4. The second-order valence-electron chi connectivity index (χ2n) is 5.13. The van der Waals surface area contributed by atoms with Gasteiger partial charge in [-0.25, -0.2) is 9.59 Å². The molecular formula is C14H19N3O4. The molecule has 0 aromatic heterocycles. The Kier molecular flexibility index (Phi) is 4.64. The Hall–Kier alpha value is -2.28. The molecule has 1 aromatic carbocycles. The van der Waals surface area contributed by atoms with Crippen LogP contribution in [0.5, 0.6) is 5.75 Å². The SMILES string of the molecule is CN(CCNC(=O)Nc1ccc(C(=O)O)cc1O)C1CC1. The number of phenolic OH excluding ortho intramolecular Hbond substituents is 1. The predicted octanol–water partition coefficient (Wildman–Crippen LogP) is 1.31. The largest absolute Gasteiger partial charge is 0.506 e. The van der Waals surface area contributed by atoms with Gasteiger partial charge in [-0.1, -0.05) is 0 Å². The Morgan fingerprint density at radius 2 is 2.10 bits per heavy atom. The number of aromatic hydroxyl groups is 1. The Balaban J connectivity index is 1.80. The summed E-state index contributed by atoms with van der Waals surface area (Å²) in [4.78, 5) is 24.6. The molecule has 1 aromatic rings. The summed E-state index contributed by atoms with van der Waals surface area (Å²) in [6.45, 7) is 1.27. The average Bonchev–Trinajstić information content (AvgIpc) is 3.25. The van der Waals surface area contributed by atoms with E-state index in [9.17, 15) is 14.7 Å². The minimum absolute atomic E-state index is 0.0375. The van der Waals surface area contributed by atoms with Gasteiger partial charge in [0.25, 0.3) is 0 Å². The normalized spacial score (nSPS) is 14.0. The Morgan fingerprint density at radius 1 is 1.38 bits per heavy atom. The number of nitrogens with one attached hydrogen (secondary N) is 2. The first-order valence-electron chi connectivity index (χ1n) is 6.79. The fourth-order valence-electron chi connectivity index (χ4n) is 1.98. The third-order valence-electron chi connectivity index (χ3n) is 3.41. The molecule has 1 fully saturated rings. The quantitative estimate of drug-likeness (QED) is 0.592. The minimum atomic E-state index is -1.13. The second-order valence-corrected chi connectivity index (χ2v) is 5.13. The fourth-order valence-corrected chi connectivity index (χ4v) is 1.98. The number of hydrogen-bond donors (Lipinski definition) is 4. The van der Waals surface area contributed by atoms with E-state index in [0.29, 0.717) is 12.6 Å². The van der Waals surface area contributed by atoms with E-state index in [2.05, 4.69) is 15.5 Å². The number of phenols is 1. The molecule has 0 unspecified atom stereocenters. The van der Waals surface area contributed by atoms with Gasteiger partial charge in [-0.05, 0) is 38.1 Å². The molecule has 0 aliphatic heterocycles. The van der Waals surface area contributed by atoms with Crippen molar-refractivity contribution in [1.82, 2.24) is 10.2 Å². The zero-order chi connectivity index (χ0) is 15.4. The molecule has 1 saturated carbocycles. The van der Waals surface area contributed by atoms with Crippen molar-refractivity contribution < 1.29 is 19.8 Å². The van der Waals surface area contributed by atoms with E-state index < -0.39 is 12.0 Å². The first kappa shape index (κ1) is 15.1. The van der Waals surface area contributed by atoms with Crippen LogP contribution in [0.15, 0.2) is 18.2 Å². The monoisotopic (exact) mass is 293 g/mol. The van der Waals surface area contributed by atoms with Crippen LogP contribution in [-0.2, 0) is 0 Å². The number of aromatic carboxylic acids is 1. The van der Waals surface area contributed by atoms with E-state index >= 15 is 0 Å². The standard InChI is InChI=1S/C14H19N3O4/c1-17(10-3-4-10)7-6-15-14(21)16-11-5-2-9(13(19)20)8-12(11)18/h2,5,8,10,18H,3-4,6-7H2,1H3,(H,19,20)(H2,15,16,21). The lowest BCUT2D eigenvalue weighted by molar-refractivity contribution is 0.0696. The minimum Gasteiger partial charge on any atom is -0.506 e. The molecule has 7 nitrogen and oxygen atoms in total. The van der Waals surface area contributed by atoms with Crippen molar-refractivity contribution in [3.63, 3.8) is 0 Å². The third-order valence-corrected chi connectivity index (χ3v) is 3.41. The maximum Gasteiger partial charge on any atom is 0.335 e.